The molecule has 0 atom stereocenters. The van der Waals surface area contributed by atoms with Gasteiger partial charge in [-0.2, -0.15) is 0 Å². The molecule has 0 aliphatic heterocycles. The van der Waals surface area contributed by atoms with Gasteiger partial charge in [0.25, 0.3) is 0 Å². The van der Waals surface area contributed by atoms with Crippen LogP contribution in [-0.4, -0.2) is 24.6 Å². The van der Waals surface area contributed by atoms with Crippen LogP contribution in [0.25, 0.3) is 0 Å². The van der Waals surface area contributed by atoms with Gasteiger partial charge in [0.1, 0.15) is 0 Å². The Balaban J connectivity index is 1.80. The zero-order valence-electron chi connectivity index (χ0n) is 12.4. The van der Waals surface area contributed by atoms with Gasteiger partial charge in [-0.1, -0.05) is 13.3 Å². The number of benzene rings is 1. The number of urea groups is 1. The summed E-state index contributed by atoms with van der Waals surface area (Å²) in [5, 5.41) is 5.65. The maximum absolute atomic E-state index is 11.7. The number of rotatable bonds is 6. The molecule has 0 saturated heterocycles. The summed E-state index contributed by atoms with van der Waals surface area (Å²) in [6.07, 6.45) is 5.14. The maximum atomic E-state index is 11.7. The van der Waals surface area contributed by atoms with Gasteiger partial charge in [0.15, 0.2) is 0 Å². The van der Waals surface area contributed by atoms with Crippen LogP contribution >= 0.6 is 0 Å². The van der Waals surface area contributed by atoms with E-state index < -0.39 is 0 Å². The van der Waals surface area contributed by atoms with Gasteiger partial charge in [0.2, 0.25) is 0 Å². The van der Waals surface area contributed by atoms with Gasteiger partial charge in [0, 0.05) is 11.7 Å². The Hall–Kier alpha value is -2.04. The van der Waals surface area contributed by atoms with Crippen LogP contribution in [0.4, 0.5) is 10.5 Å². The first-order valence-electron chi connectivity index (χ1n) is 7.53. The number of anilines is 1. The summed E-state index contributed by atoms with van der Waals surface area (Å²) in [6.45, 7) is 2.49. The molecule has 1 aliphatic carbocycles. The average molecular weight is 290 g/mol. The Morgan fingerprint density at radius 1 is 1.24 bits per heavy atom. The van der Waals surface area contributed by atoms with Gasteiger partial charge in [-0.3, -0.25) is 0 Å². The second kappa shape index (κ2) is 7.67. The summed E-state index contributed by atoms with van der Waals surface area (Å²) in [5.41, 5.74) is 1.16. The van der Waals surface area contributed by atoms with Crippen LogP contribution in [-0.2, 0) is 4.74 Å². The van der Waals surface area contributed by atoms with Crippen LogP contribution < -0.4 is 10.6 Å². The number of unbranched alkanes of at least 4 members (excludes halogenated alkanes) is 1. The molecule has 0 radical (unpaired) electrons. The fourth-order valence-electron chi connectivity index (χ4n) is 1.99. The molecule has 1 aromatic rings. The first-order chi connectivity index (χ1) is 10.2. The molecule has 2 amide bonds. The molecular weight excluding hydrogens is 268 g/mol. The number of nitrogens with one attached hydrogen (secondary N) is 2. The highest BCUT2D eigenvalue weighted by molar-refractivity contribution is 5.92. The van der Waals surface area contributed by atoms with Crippen molar-refractivity contribution in [1.82, 2.24) is 5.32 Å². The van der Waals surface area contributed by atoms with E-state index >= 15 is 0 Å². The van der Waals surface area contributed by atoms with Crippen molar-refractivity contribution >= 4 is 17.7 Å². The Labute approximate surface area is 125 Å². The topological polar surface area (TPSA) is 67.4 Å². The van der Waals surface area contributed by atoms with E-state index in [4.69, 9.17) is 4.74 Å². The van der Waals surface area contributed by atoms with Crippen molar-refractivity contribution in [2.45, 2.75) is 45.1 Å². The highest BCUT2D eigenvalue weighted by Gasteiger charge is 2.19. The summed E-state index contributed by atoms with van der Waals surface area (Å²) < 4.78 is 5.13. The molecule has 0 spiro atoms. The SMILES string of the molecule is CCCCOC(=O)c1ccc(NC(=O)NC2CCC2)cc1. The van der Waals surface area contributed by atoms with E-state index in [-0.39, 0.29) is 12.0 Å². The number of ether oxygens (including phenoxy) is 1. The van der Waals surface area contributed by atoms with E-state index in [0.717, 1.165) is 25.7 Å². The van der Waals surface area contributed by atoms with Gasteiger partial charge >= 0.3 is 12.0 Å². The molecule has 2 rings (SSSR count). The minimum atomic E-state index is -0.325. The Kier molecular flexibility index (Phi) is 5.60. The van der Waals surface area contributed by atoms with Crippen LogP contribution in [0.1, 0.15) is 49.4 Å². The van der Waals surface area contributed by atoms with E-state index in [1.165, 1.54) is 6.42 Å². The molecule has 1 saturated carbocycles. The Bertz CT molecular complexity index is 481. The quantitative estimate of drug-likeness (QED) is 0.624. The highest BCUT2D eigenvalue weighted by Crippen LogP contribution is 2.18. The Morgan fingerprint density at radius 2 is 1.95 bits per heavy atom. The number of amides is 2. The molecule has 1 aliphatic rings. The smallest absolute Gasteiger partial charge is 0.338 e. The number of esters is 1. The van der Waals surface area contributed by atoms with Crippen molar-refractivity contribution in [2.75, 3.05) is 11.9 Å². The molecule has 0 bridgehead atoms. The van der Waals surface area contributed by atoms with Crippen LogP contribution in [0.3, 0.4) is 0 Å². The number of carbonyl (C=O) groups excluding carboxylic acids is 2. The molecular formula is C16H22N2O3. The van der Waals surface area contributed by atoms with Crippen molar-refractivity contribution in [1.29, 1.82) is 0 Å². The second-order valence-corrected chi connectivity index (χ2v) is 5.29. The van der Waals surface area contributed by atoms with Gasteiger partial charge < -0.3 is 15.4 Å². The predicted molar refractivity (Wildman–Crippen MR) is 81.4 cm³/mol. The van der Waals surface area contributed by atoms with E-state index in [1.54, 1.807) is 24.3 Å². The normalized spacial score (nSPS) is 14.1. The van der Waals surface area contributed by atoms with E-state index in [2.05, 4.69) is 10.6 Å². The number of hydrogen-bond donors (Lipinski definition) is 2. The third-order valence-corrected chi connectivity index (χ3v) is 3.55. The Morgan fingerprint density at radius 3 is 2.52 bits per heavy atom. The molecule has 1 aromatic carbocycles. The van der Waals surface area contributed by atoms with E-state index in [1.807, 2.05) is 6.92 Å². The minimum Gasteiger partial charge on any atom is -0.462 e. The highest BCUT2D eigenvalue weighted by atomic mass is 16.5. The van der Waals surface area contributed by atoms with Crippen LogP contribution in [0.15, 0.2) is 24.3 Å². The first-order valence-corrected chi connectivity index (χ1v) is 7.53. The fourth-order valence-corrected chi connectivity index (χ4v) is 1.99. The monoisotopic (exact) mass is 290 g/mol. The fraction of sp³-hybridized carbons (Fsp3) is 0.500. The molecule has 0 heterocycles. The molecule has 21 heavy (non-hydrogen) atoms. The van der Waals surface area contributed by atoms with E-state index in [0.29, 0.717) is 23.9 Å². The molecule has 0 aromatic heterocycles. The third kappa shape index (κ3) is 4.77. The van der Waals surface area contributed by atoms with Gasteiger partial charge in [-0.05, 0) is 49.9 Å². The molecule has 5 nitrogen and oxygen atoms in total. The van der Waals surface area contributed by atoms with Gasteiger partial charge in [-0.25, -0.2) is 9.59 Å². The number of carbonyl (C=O) groups is 2. The second-order valence-electron chi connectivity index (χ2n) is 5.29. The molecule has 1 fully saturated rings. The summed E-state index contributed by atoms with van der Waals surface area (Å²) in [7, 11) is 0. The van der Waals surface area contributed by atoms with Crippen LogP contribution in [0.2, 0.25) is 0 Å². The lowest BCUT2D eigenvalue weighted by Gasteiger charge is -2.26. The lowest BCUT2D eigenvalue weighted by molar-refractivity contribution is 0.0500. The lowest BCUT2D eigenvalue weighted by atomic mass is 9.93. The number of hydrogen-bond acceptors (Lipinski definition) is 3. The molecule has 0 unspecified atom stereocenters. The van der Waals surface area contributed by atoms with E-state index in [9.17, 15) is 9.59 Å². The molecule has 114 valence electrons. The van der Waals surface area contributed by atoms with Crippen molar-refractivity contribution < 1.29 is 14.3 Å². The summed E-state index contributed by atoms with van der Waals surface area (Å²) in [5.74, 6) is -0.325. The maximum Gasteiger partial charge on any atom is 0.338 e. The third-order valence-electron chi connectivity index (χ3n) is 3.55. The van der Waals surface area contributed by atoms with Crippen molar-refractivity contribution in [3.8, 4) is 0 Å². The minimum absolute atomic E-state index is 0.196. The van der Waals surface area contributed by atoms with Crippen LogP contribution in [0, 0.1) is 0 Å². The largest absolute Gasteiger partial charge is 0.462 e. The van der Waals surface area contributed by atoms with Crippen molar-refractivity contribution in [3.63, 3.8) is 0 Å². The first kappa shape index (κ1) is 15.4. The van der Waals surface area contributed by atoms with Crippen LogP contribution in [0.5, 0.6) is 0 Å². The van der Waals surface area contributed by atoms with Crippen molar-refractivity contribution in [3.05, 3.63) is 29.8 Å². The molecule has 2 N–H and O–H groups in total. The average Bonchev–Trinajstić information content (AvgIpc) is 2.44. The van der Waals surface area contributed by atoms with Crippen molar-refractivity contribution in [2.24, 2.45) is 0 Å². The standard InChI is InChI=1S/C16H22N2O3/c1-2-3-11-21-15(19)12-7-9-14(10-8-12)18-16(20)17-13-5-4-6-13/h7-10,13H,2-6,11H2,1H3,(H2,17,18,20). The summed E-state index contributed by atoms with van der Waals surface area (Å²) in [6, 6.07) is 6.84. The zero-order valence-corrected chi connectivity index (χ0v) is 12.4. The van der Waals surface area contributed by atoms with Gasteiger partial charge in [0.05, 0.1) is 12.2 Å². The predicted octanol–water partition coefficient (Wildman–Crippen LogP) is 3.32. The lowest BCUT2D eigenvalue weighted by Crippen LogP contribution is -2.41. The summed E-state index contributed by atoms with van der Waals surface area (Å²) >= 11 is 0. The summed E-state index contributed by atoms with van der Waals surface area (Å²) in [4.78, 5) is 23.4. The zero-order chi connectivity index (χ0) is 15.1. The molecule has 5 heteroatoms. The van der Waals surface area contributed by atoms with Gasteiger partial charge in [-0.15, -0.1) is 0 Å².